The molecule has 0 radical (unpaired) electrons. The number of aromatic nitrogens is 2. The summed E-state index contributed by atoms with van der Waals surface area (Å²) >= 11 is 0. The van der Waals surface area contributed by atoms with Crippen molar-refractivity contribution in [3.8, 4) is 28.6 Å². The second-order valence-electron chi connectivity index (χ2n) is 11.7. The molecule has 2 fully saturated rings. The van der Waals surface area contributed by atoms with Crippen molar-refractivity contribution in [2.24, 2.45) is 0 Å². The monoisotopic (exact) mass is 543 g/mol. The maximum Gasteiger partial charge on any atom is 0.324 e. The SMILES string of the molecule is CN1CCc2ccc(Oc3nc(N4C5CCC4CNC5)c4ccc(-c5cc(O)cc6ccccc56)cc4n3)cc2C1. The molecule has 3 aliphatic rings. The summed E-state index contributed by atoms with van der Waals surface area (Å²) in [6.45, 7) is 3.92. The van der Waals surface area contributed by atoms with Gasteiger partial charge in [-0.25, -0.2) is 0 Å². The van der Waals surface area contributed by atoms with E-state index >= 15 is 0 Å². The van der Waals surface area contributed by atoms with Gasteiger partial charge in [-0.3, -0.25) is 0 Å². The van der Waals surface area contributed by atoms with Gasteiger partial charge < -0.3 is 25.0 Å². The highest BCUT2D eigenvalue weighted by Crippen LogP contribution is 2.40. The van der Waals surface area contributed by atoms with E-state index < -0.39 is 0 Å². The van der Waals surface area contributed by atoms with E-state index in [4.69, 9.17) is 14.7 Å². The van der Waals surface area contributed by atoms with E-state index in [9.17, 15) is 5.11 Å². The molecule has 0 amide bonds. The van der Waals surface area contributed by atoms with Gasteiger partial charge in [0, 0.05) is 43.6 Å². The first-order valence-corrected chi connectivity index (χ1v) is 14.6. The van der Waals surface area contributed by atoms with Crippen LogP contribution in [-0.2, 0) is 13.0 Å². The smallest absolute Gasteiger partial charge is 0.324 e. The highest BCUT2D eigenvalue weighted by Gasteiger charge is 2.38. The molecule has 4 aromatic carbocycles. The molecule has 0 spiro atoms. The van der Waals surface area contributed by atoms with Crippen LogP contribution in [0.25, 0.3) is 32.8 Å². The van der Waals surface area contributed by atoms with Crippen molar-refractivity contribution in [3.05, 3.63) is 83.9 Å². The van der Waals surface area contributed by atoms with Crippen molar-refractivity contribution in [2.75, 3.05) is 31.6 Å². The minimum absolute atomic E-state index is 0.252. The van der Waals surface area contributed by atoms with Crippen LogP contribution in [0.5, 0.6) is 17.5 Å². The van der Waals surface area contributed by atoms with E-state index in [0.717, 1.165) is 89.8 Å². The average molecular weight is 544 g/mol. The number of aromatic hydroxyl groups is 1. The molecule has 206 valence electrons. The Hall–Kier alpha value is -4.20. The Morgan fingerprint density at radius 1 is 0.878 bits per heavy atom. The van der Waals surface area contributed by atoms with E-state index in [1.54, 1.807) is 0 Å². The van der Waals surface area contributed by atoms with Gasteiger partial charge in [-0.1, -0.05) is 36.4 Å². The molecule has 0 saturated carbocycles. The molecule has 41 heavy (non-hydrogen) atoms. The first kappa shape index (κ1) is 24.6. The number of ether oxygens (including phenoxy) is 1. The average Bonchev–Trinajstić information content (AvgIpc) is 3.22. The summed E-state index contributed by atoms with van der Waals surface area (Å²) in [5.41, 5.74) is 5.50. The predicted octanol–water partition coefficient (Wildman–Crippen LogP) is 5.88. The molecule has 0 aliphatic carbocycles. The number of benzene rings is 4. The molecule has 8 rings (SSSR count). The zero-order chi connectivity index (χ0) is 27.5. The van der Waals surface area contributed by atoms with Crippen molar-refractivity contribution in [2.45, 2.75) is 37.9 Å². The largest absolute Gasteiger partial charge is 0.508 e. The van der Waals surface area contributed by atoms with Gasteiger partial charge >= 0.3 is 6.01 Å². The van der Waals surface area contributed by atoms with Gasteiger partial charge in [-0.05, 0) is 95.7 Å². The number of hydrogen-bond donors (Lipinski definition) is 2. The van der Waals surface area contributed by atoms with Gasteiger partial charge in [0.2, 0.25) is 0 Å². The van der Waals surface area contributed by atoms with E-state index in [-0.39, 0.29) is 5.75 Å². The van der Waals surface area contributed by atoms with Crippen molar-refractivity contribution in [1.29, 1.82) is 0 Å². The Kier molecular flexibility index (Phi) is 5.83. The van der Waals surface area contributed by atoms with Crippen LogP contribution in [0.2, 0.25) is 0 Å². The maximum atomic E-state index is 10.5. The minimum atomic E-state index is 0.252. The number of fused-ring (bicyclic) bond motifs is 5. The second-order valence-corrected chi connectivity index (χ2v) is 11.7. The zero-order valence-electron chi connectivity index (χ0n) is 23.2. The van der Waals surface area contributed by atoms with E-state index in [1.807, 2.05) is 36.4 Å². The number of rotatable bonds is 4. The first-order valence-electron chi connectivity index (χ1n) is 14.6. The van der Waals surface area contributed by atoms with Crippen LogP contribution in [0.3, 0.4) is 0 Å². The predicted molar refractivity (Wildman–Crippen MR) is 163 cm³/mol. The molecule has 2 saturated heterocycles. The molecule has 2 N–H and O–H groups in total. The number of nitrogens with one attached hydrogen (secondary N) is 1. The number of hydrogen-bond acceptors (Lipinski definition) is 7. The number of piperazine rings is 1. The lowest BCUT2D eigenvalue weighted by Crippen LogP contribution is -2.52. The van der Waals surface area contributed by atoms with E-state index in [0.29, 0.717) is 18.1 Å². The molecule has 2 atom stereocenters. The third-order valence-electron chi connectivity index (χ3n) is 9.03. The third kappa shape index (κ3) is 4.36. The number of nitrogens with zero attached hydrogens (tertiary/aromatic N) is 4. The van der Waals surface area contributed by atoms with Crippen molar-refractivity contribution in [1.82, 2.24) is 20.2 Å². The molecule has 5 aromatic rings. The fourth-order valence-electron chi connectivity index (χ4n) is 7.00. The lowest BCUT2D eigenvalue weighted by Gasteiger charge is -2.36. The third-order valence-corrected chi connectivity index (χ3v) is 9.03. The second kappa shape index (κ2) is 9.72. The minimum Gasteiger partial charge on any atom is -0.508 e. The van der Waals surface area contributed by atoms with Crippen LogP contribution in [0.4, 0.5) is 5.82 Å². The number of anilines is 1. The topological polar surface area (TPSA) is 73.8 Å². The van der Waals surface area contributed by atoms with Gasteiger partial charge in [-0.15, -0.1) is 0 Å². The van der Waals surface area contributed by atoms with Crippen LogP contribution in [0, 0.1) is 0 Å². The molecule has 2 unspecified atom stereocenters. The van der Waals surface area contributed by atoms with Gasteiger partial charge in [0.1, 0.15) is 17.3 Å². The molecular formula is C34H33N5O2. The van der Waals surface area contributed by atoms with E-state index in [2.05, 4.69) is 58.6 Å². The van der Waals surface area contributed by atoms with Crippen molar-refractivity contribution < 1.29 is 9.84 Å². The zero-order valence-corrected chi connectivity index (χ0v) is 23.2. The van der Waals surface area contributed by atoms with Gasteiger partial charge in [0.05, 0.1) is 5.52 Å². The molecule has 4 heterocycles. The standard InChI is InChI=1S/C34H33N5O2/c1-38-13-12-21-6-10-28(15-24(21)20-38)41-34-36-32-16-23(31-17-27(40)14-22-4-2-3-5-29(22)31)7-11-30(32)33(37-34)39-25-8-9-26(39)19-35-18-25/h2-7,10-11,14-17,25-26,35,40H,8-9,12-13,18-20H2,1H3. The summed E-state index contributed by atoms with van der Waals surface area (Å²) in [6.07, 6.45) is 3.37. The molecular weight excluding hydrogens is 510 g/mol. The number of phenolic OH excluding ortho intramolecular Hbond substituents is 1. The van der Waals surface area contributed by atoms with Gasteiger partial charge in [0.15, 0.2) is 0 Å². The Balaban J connectivity index is 1.26. The van der Waals surface area contributed by atoms with Crippen LogP contribution in [-0.4, -0.2) is 58.7 Å². The lowest BCUT2D eigenvalue weighted by molar-refractivity contribution is 0.312. The summed E-state index contributed by atoms with van der Waals surface area (Å²) in [5, 5.41) is 17.2. The summed E-state index contributed by atoms with van der Waals surface area (Å²) < 4.78 is 6.42. The highest BCUT2D eigenvalue weighted by atomic mass is 16.5. The molecule has 1 aromatic heterocycles. The Labute approximate surface area is 239 Å². The fourth-order valence-corrected chi connectivity index (χ4v) is 7.00. The maximum absolute atomic E-state index is 10.5. The number of likely N-dealkylation sites (N-methyl/N-ethyl adjacent to an activating group) is 1. The highest BCUT2D eigenvalue weighted by molar-refractivity contribution is 6.01. The van der Waals surface area contributed by atoms with Gasteiger partial charge in [0.25, 0.3) is 0 Å². The lowest BCUT2D eigenvalue weighted by atomic mass is 9.97. The summed E-state index contributed by atoms with van der Waals surface area (Å²) in [7, 11) is 2.16. The molecule has 7 nitrogen and oxygen atoms in total. The van der Waals surface area contributed by atoms with Crippen molar-refractivity contribution >= 4 is 27.5 Å². The summed E-state index contributed by atoms with van der Waals surface area (Å²) in [4.78, 5) is 14.9. The molecule has 2 bridgehead atoms. The van der Waals surface area contributed by atoms with Crippen LogP contribution >= 0.6 is 0 Å². The fraction of sp³-hybridized carbons (Fsp3) is 0.294. The molecule has 7 heteroatoms. The normalized spacial score (nSPS) is 20.5. The quantitative estimate of drug-likeness (QED) is 0.293. The Bertz CT molecular complexity index is 1790. The Morgan fingerprint density at radius 2 is 1.73 bits per heavy atom. The van der Waals surface area contributed by atoms with Crippen LogP contribution < -0.4 is 15.0 Å². The van der Waals surface area contributed by atoms with Crippen molar-refractivity contribution in [3.63, 3.8) is 0 Å². The summed E-state index contributed by atoms with van der Waals surface area (Å²) in [6, 6.07) is 25.7. The van der Waals surface area contributed by atoms with Crippen LogP contribution in [0.1, 0.15) is 24.0 Å². The number of phenols is 1. The van der Waals surface area contributed by atoms with Crippen LogP contribution in [0.15, 0.2) is 72.8 Å². The van der Waals surface area contributed by atoms with E-state index in [1.165, 1.54) is 11.1 Å². The van der Waals surface area contributed by atoms with Gasteiger partial charge in [-0.2, -0.15) is 9.97 Å². The Morgan fingerprint density at radius 3 is 2.61 bits per heavy atom. The summed E-state index contributed by atoms with van der Waals surface area (Å²) in [5.74, 6) is 1.97. The molecule has 3 aliphatic heterocycles. The first-order chi connectivity index (χ1) is 20.1.